The first-order valence-electron chi connectivity index (χ1n) is 5.25. The van der Waals surface area contributed by atoms with Gasteiger partial charge in [0, 0.05) is 43.6 Å². The van der Waals surface area contributed by atoms with E-state index in [2.05, 4.69) is 20.6 Å². The molecule has 2 heterocycles. The number of carbonyl (C=O) groups excluding carboxylic acids is 1. The van der Waals surface area contributed by atoms with Crippen molar-refractivity contribution >= 4 is 11.7 Å². The molecule has 6 nitrogen and oxygen atoms in total. The summed E-state index contributed by atoms with van der Waals surface area (Å²) in [5.41, 5.74) is 0.722. The number of hydrogen-bond acceptors (Lipinski definition) is 3. The van der Waals surface area contributed by atoms with Crippen LogP contribution in [-0.2, 0) is 6.54 Å². The van der Waals surface area contributed by atoms with Crippen LogP contribution < -0.4 is 10.6 Å². The maximum atomic E-state index is 11.5. The van der Waals surface area contributed by atoms with Gasteiger partial charge in [0.25, 0.3) is 0 Å². The highest BCUT2D eigenvalue weighted by Crippen LogP contribution is 2.01. The predicted octanol–water partition coefficient (Wildman–Crippen LogP) is 1.10. The predicted molar refractivity (Wildman–Crippen MR) is 63.5 cm³/mol. The van der Waals surface area contributed by atoms with Gasteiger partial charge in [-0.15, -0.1) is 0 Å². The van der Waals surface area contributed by atoms with Crippen molar-refractivity contribution in [2.24, 2.45) is 0 Å². The van der Waals surface area contributed by atoms with Gasteiger partial charge in [0.1, 0.15) is 0 Å². The highest BCUT2D eigenvalue weighted by Gasteiger charge is 1.99. The van der Waals surface area contributed by atoms with Gasteiger partial charge in [-0.3, -0.25) is 4.98 Å². The van der Waals surface area contributed by atoms with Crippen molar-refractivity contribution < 1.29 is 4.79 Å². The van der Waals surface area contributed by atoms with E-state index in [0.29, 0.717) is 13.1 Å². The highest BCUT2D eigenvalue weighted by molar-refractivity contribution is 5.88. The van der Waals surface area contributed by atoms with Gasteiger partial charge in [0.2, 0.25) is 0 Å². The van der Waals surface area contributed by atoms with Gasteiger partial charge in [-0.1, -0.05) is 0 Å². The van der Waals surface area contributed by atoms with Crippen molar-refractivity contribution in [3.05, 3.63) is 43.2 Å². The minimum absolute atomic E-state index is 0.226. The molecule has 2 amide bonds. The van der Waals surface area contributed by atoms with Crippen LogP contribution in [0.15, 0.2) is 43.2 Å². The van der Waals surface area contributed by atoms with Gasteiger partial charge in [-0.05, 0) is 12.1 Å². The fourth-order valence-electron chi connectivity index (χ4n) is 1.33. The molecule has 0 spiro atoms. The summed E-state index contributed by atoms with van der Waals surface area (Å²) in [5, 5.41) is 5.46. The molecule has 0 aliphatic heterocycles. The fraction of sp³-hybridized carbons (Fsp3) is 0.182. The summed E-state index contributed by atoms with van der Waals surface area (Å²) in [6.45, 7) is 1.25. The Hall–Kier alpha value is -2.37. The summed E-state index contributed by atoms with van der Waals surface area (Å²) in [6, 6.07) is 3.24. The molecule has 88 valence electrons. The first-order chi connectivity index (χ1) is 8.34. The highest BCUT2D eigenvalue weighted by atomic mass is 16.2. The average molecular weight is 231 g/mol. The zero-order chi connectivity index (χ0) is 11.9. The van der Waals surface area contributed by atoms with Crippen LogP contribution >= 0.6 is 0 Å². The molecule has 2 N–H and O–H groups in total. The largest absolute Gasteiger partial charge is 0.336 e. The van der Waals surface area contributed by atoms with E-state index in [1.165, 1.54) is 0 Å². The third-order valence-corrected chi connectivity index (χ3v) is 2.15. The number of rotatable bonds is 4. The van der Waals surface area contributed by atoms with Crippen molar-refractivity contribution in [3.8, 4) is 0 Å². The van der Waals surface area contributed by atoms with Gasteiger partial charge in [-0.25, -0.2) is 9.78 Å². The van der Waals surface area contributed by atoms with E-state index >= 15 is 0 Å². The molecule has 0 fully saturated rings. The number of nitrogens with zero attached hydrogens (tertiary/aromatic N) is 3. The van der Waals surface area contributed by atoms with E-state index in [1.54, 1.807) is 37.1 Å². The number of urea groups is 1. The number of nitrogens with one attached hydrogen (secondary N) is 2. The fourth-order valence-corrected chi connectivity index (χ4v) is 1.33. The van der Waals surface area contributed by atoms with E-state index in [0.717, 1.165) is 5.69 Å². The monoisotopic (exact) mass is 231 g/mol. The Morgan fingerprint density at radius 1 is 1.24 bits per heavy atom. The molecule has 2 aromatic rings. The Bertz CT molecular complexity index is 454. The Kier molecular flexibility index (Phi) is 3.69. The van der Waals surface area contributed by atoms with Gasteiger partial charge in [0.05, 0.1) is 6.33 Å². The molecule has 0 radical (unpaired) electrons. The Balaban J connectivity index is 1.71. The lowest BCUT2D eigenvalue weighted by molar-refractivity contribution is 0.251. The van der Waals surface area contributed by atoms with E-state index in [4.69, 9.17) is 0 Å². The number of pyridine rings is 1. The molecular weight excluding hydrogens is 218 g/mol. The Morgan fingerprint density at radius 2 is 2.06 bits per heavy atom. The first kappa shape index (κ1) is 11.1. The summed E-state index contributed by atoms with van der Waals surface area (Å²) in [7, 11) is 0. The SMILES string of the molecule is O=C(NCCn1ccnc1)Nc1ccncc1. The second-order valence-corrected chi connectivity index (χ2v) is 3.42. The Labute approximate surface area is 98.7 Å². The van der Waals surface area contributed by atoms with Crippen LogP contribution in [0, 0.1) is 0 Å². The lowest BCUT2D eigenvalue weighted by Crippen LogP contribution is -2.31. The van der Waals surface area contributed by atoms with Gasteiger partial charge < -0.3 is 15.2 Å². The van der Waals surface area contributed by atoms with Crippen LogP contribution in [0.4, 0.5) is 10.5 Å². The quantitative estimate of drug-likeness (QED) is 0.827. The molecule has 2 aromatic heterocycles. The number of hydrogen-bond donors (Lipinski definition) is 2. The third kappa shape index (κ3) is 3.60. The zero-order valence-corrected chi connectivity index (χ0v) is 9.21. The normalized spacial score (nSPS) is 9.88. The topological polar surface area (TPSA) is 71.8 Å². The molecule has 2 rings (SSSR count). The van der Waals surface area contributed by atoms with Gasteiger partial charge in [-0.2, -0.15) is 0 Å². The number of anilines is 1. The summed E-state index contributed by atoms with van der Waals surface area (Å²) in [4.78, 5) is 19.3. The minimum atomic E-state index is -0.226. The molecule has 0 unspecified atom stereocenters. The summed E-state index contributed by atoms with van der Waals surface area (Å²) < 4.78 is 1.90. The van der Waals surface area contributed by atoms with Crippen molar-refractivity contribution in [2.75, 3.05) is 11.9 Å². The minimum Gasteiger partial charge on any atom is -0.336 e. The Morgan fingerprint density at radius 3 is 2.76 bits per heavy atom. The van der Waals surface area contributed by atoms with E-state index in [-0.39, 0.29) is 6.03 Å². The number of amides is 2. The van der Waals surface area contributed by atoms with Gasteiger partial charge in [0.15, 0.2) is 0 Å². The standard InChI is InChI=1S/C11H13N5O/c17-11(15-10-1-3-12-4-2-10)14-6-8-16-7-5-13-9-16/h1-5,7,9H,6,8H2,(H2,12,14,15,17). The van der Waals surface area contributed by atoms with Crippen molar-refractivity contribution in [3.63, 3.8) is 0 Å². The molecule has 0 saturated carbocycles. The lowest BCUT2D eigenvalue weighted by atomic mass is 10.4. The second-order valence-electron chi connectivity index (χ2n) is 3.42. The zero-order valence-electron chi connectivity index (χ0n) is 9.21. The number of aromatic nitrogens is 3. The lowest BCUT2D eigenvalue weighted by Gasteiger charge is -2.07. The summed E-state index contributed by atoms with van der Waals surface area (Å²) in [6.07, 6.45) is 8.52. The average Bonchev–Trinajstić information content (AvgIpc) is 2.83. The molecule has 0 aliphatic carbocycles. The van der Waals surface area contributed by atoms with Gasteiger partial charge >= 0.3 is 6.03 Å². The molecule has 0 atom stereocenters. The number of imidazole rings is 1. The number of carbonyl (C=O) groups is 1. The van der Waals surface area contributed by atoms with Crippen molar-refractivity contribution in [1.29, 1.82) is 0 Å². The molecule has 0 saturated heterocycles. The molecular formula is C11H13N5O. The van der Waals surface area contributed by atoms with Crippen LogP contribution in [0.25, 0.3) is 0 Å². The van der Waals surface area contributed by atoms with Crippen LogP contribution in [0.3, 0.4) is 0 Å². The summed E-state index contributed by atoms with van der Waals surface area (Å²) >= 11 is 0. The van der Waals surface area contributed by atoms with Crippen LogP contribution in [0.1, 0.15) is 0 Å². The van der Waals surface area contributed by atoms with E-state index in [1.807, 2.05) is 10.8 Å². The molecule has 0 bridgehead atoms. The van der Waals surface area contributed by atoms with Crippen LogP contribution in [-0.4, -0.2) is 27.1 Å². The second kappa shape index (κ2) is 5.64. The van der Waals surface area contributed by atoms with Crippen LogP contribution in [0.2, 0.25) is 0 Å². The molecule has 6 heteroatoms. The van der Waals surface area contributed by atoms with E-state index < -0.39 is 0 Å². The first-order valence-corrected chi connectivity index (χ1v) is 5.25. The maximum Gasteiger partial charge on any atom is 0.319 e. The van der Waals surface area contributed by atoms with Crippen molar-refractivity contribution in [2.45, 2.75) is 6.54 Å². The van der Waals surface area contributed by atoms with E-state index in [9.17, 15) is 4.79 Å². The molecule has 17 heavy (non-hydrogen) atoms. The smallest absolute Gasteiger partial charge is 0.319 e. The molecule has 0 aliphatic rings. The maximum absolute atomic E-state index is 11.5. The third-order valence-electron chi connectivity index (χ3n) is 2.15. The van der Waals surface area contributed by atoms with Crippen LogP contribution in [0.5, 0.6) is 0 Å². The van der Waals surface area contributed by atoms with Crippen molar-refractivity contribution in [1.82, 2.24) is 19.9 Å². The summed E-state index contributed by atoms with van der Waals surface area (Å²) in [5.74, 6) is 0. The molecule has 0 aromatic carbocycles.